The molecular formula is C14H8F3NO. The Morgan fingerprint density at radius 2 is 1.68 bits per heavy atom. The van der Waals surface area contributed by atoms with Crippen molar-refractivity contribution in [3.63, 3.8) is 0 Å². The van der Waals surface area contributed by atoms with Crippen molar-refractivity contribution in [2.45, 2.75) is 6.61 Å². The van der Waals surface area contributed by atoms with Crippen molar-refractivity contribution in [1.29, 1.82) is 5.26 Å². The van der Waals surface area contributed by atoms with Crippen LogP contribution >= 0.6 is 0 Å². The zero-order valence-electron chi connectivity index (χ0n) is 9.66. The third kappa shape index (κ3) is 3.26. The molecule has 0 radical (unpaired) electrons. The van der Waals surface area contributed by atoms with Gasteiger partial charge >= 0.3 is 0 Å². The van der Waals surface area contributed by atoms with E-state index >= 15 is 0 Å². The highest BCUT2D eigenvalue weighted by Crippen LogP contribution is 2.17. The zero-order valence-corrected chi connectivity index (χ0v) is 9.66. The average Bonchev–Trinajstić information content (AvgIpc) is 2.36. The molecule has 5 heteroatoms. The molecule has 0 amide bonds. The van der Waals surface area contributed by atoms with E-state index in [1.807, 2.05) is 0 Å². The van der Waals surface area contributed by atoms with Crippen LogP contribution in [-0.2, 0) is 6.61 Å². The summed E-state index contributed by atoms with van der Waals surface area (Å²) in [4.78, 5) is 0. The number of ether oxygens (including phenoxy) is 1. The minimum Gasteiger partial charge on any atom is -0.489 e. The second kappa shape index (κ2) is 5.44. The van der Waals surface area contributed by atoms with E-state index in [1.165, 1.54) is 12.1 Å². The van der Waals surface area contributed by atoms with Crippen LogP contribution in [0.2, 0.25) is 0 Å². The molecule has 96 valence electrons. The van der Waals surface area contributed by atoms with Gasteiger partial charge in [0.05, 0.1) is 5.56 Å². The minimum absolute atomic E-state index is 0.0160. The van der Waals surface area contributed by atoms with E-state index in [4.69, 9.17) is 10.00 Å². The quantitative estimate of drug-likeness (QED) is 0.848. The summed E-state index contributed by atoms with van der Waals surface area (Å²) in [5.41, 5.74) is 0.425. The van der Waals surface area contributed by atoms with E-state index < -0.39 is 17.5 Å². The number of rotatable bonds is 3. The van der Waals surface area contributed by atoms with Gasteiger partial charge in [0.1, 0.15) is 35.9 Å². The number of hydrogen-bond acceptors (Lipinski definition) is 2. The molecule has 0 bridgehead atoms. The summed E-state index contributed by atoms with van der Waals surface area (Å²) in [6.45, 7) is -0.0160. The number of hydrogen-bond donors (Lipinski definition) is 0. The molecule has 0 atom stereocenters. The molecule has 19 heavy (non-hydrogen) atoms. The summed E-state index contributed by atoms with van der Waals surface area (Å²) in [5, 5.41) is 8.67. The maximum atomic E-state index is 13.1. The van der Waals surface area contributed by atoms with Crippen LogP contribution < -0.4 is 4.74 Å². The molecule has 0 aliphatic carbocycles. The van der Waals surface area contributed by atoms with Crippen molar-refractivity contribution < 1.29 is 17.9 Å². The van der Waals surface area contributed by atoms with Gasteiger partial charge in [-0.15, -0.1) is 0 Å². The van der Waals surface area contributed by atoms with Gasteiger partial charge in [-0.2, -0.15) is 5.26 Å². The predicted octanol–water partition coefficient (Wildman–Crippen LogP) is 3.55. The van der Waals surface area contributed by atoms with Crippen molar-refractivity contribution in [3.05, 3.63) is 65.0 Å². The van der Waals surface area contributed by atoms with Gasteiger partial charge in [-0.1, -0.05) is 6.07 Å². The molecule has 0 saturated carbocycles. The van der Waals surface area contributed by atoms with Crippen molar-refractivity contribution in [2.24, 2.45) is 0 Å². The third-order valence-corrected chi connectivity index (χ3v) is 2.39. The molecule has 0 aromatic heterocycles. The lowest BCUT2D eigenvalue weighted by atomic mass is 10.1. The highest BCUT2D eigenvalue weighted by molar-refractivity contribution is 5.34. The Labute approximate surface area is 107 Å². The van der Waals surface area contributed by atoms with Crippen molar-refractivity contribution in [2.75, 3.05) is 0 Å². The Kier molecular flexibility index (Phi) is 3.71. The van der Waals surface area contributed by atoms with Crippen LogP contribution in [0.25, 0.3) is 0 Å². The molecular weight excluding hydrogens is 255 g/mol. The van der Waals surface area contributed by atoms with Crippen molar-refractivity contribution in [1.82, 2.24) is 0 Å². The molecule has 2 rings (SSSR count). The second-order valence-electron chi connectivity index (χ2n) is 3.82. The second-order valence-corrected chi connectivity index (χ2v) is 3.82. The minimum atomic E-state index is -0.744. The summed E-state index contributed by atoms with van der Waals surface area (Å²) in [7, 11) is 0. The van der Waals surface area contributed by atoms with Crippen LogP contribution in [0, 0.1) is 28.8 Å². The number of benzene rings is 2. The summed E-state index contributed by atoms with van der Waals surface area (Å²) in [6, 6.07) is 8.42. The standard InChI is InChI=1S/C14H8F3NO/c15-11-4-12(16)6-13(5-11)19-8-9-1-2-14(17)10(3-9)7-18/h1-6H,8H2. The van der Waals surface area contributed by atoms with Gasteiger partial charge in [0.15, 0.2) is 0 Å². The van der Waals surface area contributed by atoms with Gasteiger partial charge in [0.25, 0.3) is 0 Å². The molecule has 0 fully saturated rings. The van der Waals surface area contributed by atoms with E-state index in [1.54, 1.807) is 6.07 Å². The molecule has 0 saturated heterocycles. The number of halogens is 3. The van der Waals surface area contributed by atoms with E-state index in [2.05, 4.69) is 0 Å². The zero-order chi connectivity index (χ0) is 13.8. The lowest BCUT2D eigenvalue weighted by Crippen LogP contribution is -1.98. The van der Waals surface area contributed by atoms with E-state index in [0.29, 0.717) is 5.56 Å². The first-order valence-electron chi connectivity index (χ1n) is 5.36. The number of nitriles is 1. The van der Waals surface area contributed by atoms with Crippen LogP contribution in [0.5, 0.6) is 5.75 Å². The van der Waals surface area contributed by atoms with Gasteiger partial charge in [-0.25, -0.2) is 13.2 Å². The maximum Gasteiger partial charge on any atom is 0.140 e. The first-order valence-corrected chi connectivity index (χ1v) is 5.36. The third-order valence-electron chi connectivity index (χ3n) is 2.39. The smallest absolute Gasteiger partial charge is 0.140 e. The van der Waals surface area contributed by atoms with Crippen LogP contribution in [-0.4, -0.2) is 0 Å². The fraction of sp³-hybridized carbons (Fsp3) is 0.0714. The fourth-order valence-corrected chi connectivity index (χ4v) is 1.53. The van der Waals surface area contributed by atoms with Crippen LogP contribution in [0.1, 0.15) is 11.1 Å². The van der Waals surface area contributed by atoms with Gasteiger partial charge in [-0.05, 0) is 17.7 Å². The van der Waals surface area contributed by atoms with Gasteiger partial charge in [0, 0.05) is 18.2 Å². The van der Waals surface area contributed by atoms with E-state index in [-0.39, 0.29) is 17.9 Å². The Morgan fingerprint density at radius 1 is 1.00 bits per heavy atom. The molecule has 2 aromatic rings. The maximum absolute atomic E-state index is 13.1. The molecule has 2 aromatic carbocycles. The molecule has 0 unspecified atom stereocenters. The highest BCUT2D eigenvalue weighted by atomic mass is 19.1. The predicted molar refractivity (Wildman–Crippen MR) is 61.8 cm³/mol. The first-order chi connectivity index (χ1) is 9.08. The lowest BCUT2D eigenvalue weighted by molar-refractivity contribution is 0.302. The lowest BCUT2D eigenvalue weighted by Gasteiger charge is -2.07. The molecule has 0 heterocycles. The van der Waals surface area contributed by atoms with Gasteiger partial charge < -0.3 is 4.74 Å². The van der Waals surface area contributed by atoms with E-state index in [9.17, 15) is 13.2 Å². The van der Waals surface area contributed by atoms with E-state index in [0.717, 1.165) is 24.3 Å². The summed E-state index contributed by atoms with van der Waals surface area (Å²) < 4.78 is 44.1. The normalized spacial score (nSPS) is 10.0. The van der Waals surface area contributed by atoms with Crippen molar-refractivity contribution in [3.8, 4) is 11.8 Å². The largest absolute Gasteiger partial charge is 0.489 e. The molecule has 0 aliphatic heterocycles. The van der Waals surface area contributed by atoms with Crippen LogP contribution in [0.15, 0.2) is 36.4 Å². The summed E-state index contributed by atoms with van der Waals surface area (Å²) in [6.07, 6.45) is 0. The van der Waals surface area contributed by atoms with Gasteiger partial charge in [-0.3, -0.25) is 0 Å². The topological polar surface area (TPSA) is 33.0 Å². The Balaban J connectivity index is 2.12. The first kappa shape index (κ1) is 13.0. The average molecular weight is 263 g/mol. The summed E-state index contributed by atoms with van der Waals surface area (Å²) >= 11 is 0. The number of nitrogens with zero attached hydrogens (tertiary/aromatic N) is 1. The Hall–Kier alpha value is -2.48. The fourth-order valence-electron chi connectivity index (χ4n) is 1.53. The van der Waals surface area contributed by atoms with Crippen LogP contribution in [0.4, 0.5) is 13.2 Å². The summed E-state index contributed by atoms with van der Waals surface area (Å²) in [5.74, 6) is -2.08. The van der Waals surface area contributed by atoms with Crippen molar-refractivity contribution >= 4 is 0 Å². The Bertz CT molecular complexity index is 629. The Morgan fingerprint density at radius 3 is 2.32 bits per heavy atom. The van der Waals surface area contributed by atoms with Crippen LogP contribution in [0.3, 0.4) is 0 Å². The highest BCUT2D eigenvalue weighted by Gasteiger charge is 2.05. The SMILES string of the molecule is N#Cc1cc(COc2cc(F)cc(F)c2)ccc1F. The molecule has 0 spiro atoms. The van der Waals surface area contributed by atoms with Gasteiger partial charge in [0.2, 0.25) is 0 Å². The molecule has 2 nitrogen and oxygen atoms in total. The molecule has 0 N–H and O–H groups in total. The monoisotopic (exact) mass is 263 g/mol. The molecule has 0 aliphatic rings.